The number of allylic oxidation sites excluding steroid dienone is 1. The highest BCUT2D eigenvalue weighted by Crippen LogP contribution is 2.25. The number of halogens is 2. The van der Waals surface area contributed by atoms with Gasteiger partial charge in [0.05, 0.1) is 15.9 Å². The van der Waals surface area contributed by atoms with Gasteiger partial charge in [-0.25, -0.2) is 0 Å². The van der Waals surface area contributed by atoms with E-state index < -0.39 is 0 Å². The van der Waals surface area contributed by atoms with Gasteiger partial charge >= 0.3 is 0 Å². The van der Waals surface area contributed by atoms with Gasteiger partial charge in [-0.15, -0.1) is 11.6 Å². The van der Waals surface area contributed by atoms with Crippen molar-refractivity contribution in [2.75, 3.05) is 5.88 Å². The largest absolute Gasteiger partial charge is 0.193 e. The summed E-state index contributed by atoms with van der Waals surface area (Å²) in [6.45, 7) is 0. The fourth-order valence-electron chi connectivity index (χ4n) is 1.05. The summed E-state index contributed by atoms with van der Waals surface area (Å²) in [6.07, 6.45) is 4.82. The molecule has 0 heterocycles. The van der Waals surface area contributed by atoms with Crippen molar-refractivity contribution in [2.45, 2.75) is 6.42 Å². The van der Waals surface area contributed by atoms with Crippen LogP contribution < -0.4 is 0 Å². The standard InChI is InChI=1S/C11H9Cl2NS/c12-6-2-1-3-9-4-5-11(14-8-15)10(13)7-9/h1,3-5,7H,2,6H2. The first-order chi connectivity index (χ1) is 7.27. The number of alkyl halides is 1. The Kier molecular flexibility index (Phi) is 5.59. The predicted molar refractivity (Wildman–Crippen MR) is 70.5 cm³/mol. The Morgan fingerprint density at radius 3 is 2.87 bits per heavy atom. The van der Waals surface area contributed by atoms with Gasteiger partial charge in [0.15, 0.2) is 0 Å². The average Bonchev–Trinajstić information content (AvgIpc) is 2.23. The van der Waals surface area contributed by atoms with Crippen molar-refractivity contribution in [1.29, 1.82) is 0 Å². The molecule has 0 spiro atoms. The molecular formula is C11H9Cl2NS. The van der Waals surface area contributed by atoms with E-state index in [1.165, 1.54) is 0 Å². The van der Waals surface area contributed by atoms with Crippen LogP contribution in [0.5, 0.6) is 0 Å². The van der Waals surface area contributed by atoms with Crippen LogP contribution in [0.25, 0.3) is 6.08 Å². The lowest BCUT2D eigenvalue weighted by Crippen LogP contribution is -1.74. The van der Waals surface area contributed by atoms with Gasteiger partial charge in [-0.3, -0.25) is 0 Å². The summed E-state index contributed by atoms with van der Waals surface area (Å²) < 4.78 is 0. The Labute approximate surface area is 104 Å². The summed E-state index contributed by atoms with van der Waals surface area (Å²) in [5, 5.41) is 2.85. The summed E-state index contributed by atoms with van der Waals surface area (Å²) in [5.41, 5.74) is 1.66. The highest BCUT2D eigenvalue weighted by Gasteiger charge is 1.97. The maximum atomic E-state index is 5.98. The summed E-state index contributed by atoms with van der Waals surface area (Å²) in [7, 11) is 0. The zero-order valence-corrected chi connectivity index (χ0v) is 10.2. The van der Waals surface area contributed by atoms with Crippen LogP contribution in [0.1, 0.15) is 12.0 Å². The summed E-state index contributed by atoms with van der Waals surface area (Å²) in [6, 6.07) is 5.56. The van der Waals surface area contributed by atoms with Crippen LogP contribution in [0.2, 0.25) is 5.02 Å². The van der Waals surface area contributed by atoms with E-state index in [4.69, 9.17) is 23.2 Å². The molecule has 1 rings (SSSR count). The summed E-state index contributed by atoms with van der Waals surface area (Å²) in [5.74, 6) is 0.623. The molecule has 0 bridgehead atoms. The Morgan fingerprint density at radius 1 is 1.47 bits per heavy atom. The van der Waals surface area contributed by atoms with Gasteiger partial charge in [0.1, 0.15) is 0 Å². The third-order valence-corrected chi connectivity index (χ3v) is 2.34. The first-order valence-electron chi connectivity index (χ1n) is 4.38. The average molecular weight is 258 g/mol. The quantitative estimate of drug-likeness (QED) is 0.432. The smallest absolute Gasteiger partial charge is 0.0926 e. The molecule has 0 aliphatic heterocycles. The number of rotatable bonds is 4. The highest BCUT2D eigenvalue weighted by atomic mass is 35.5. The molecule has 0 unspecified atom stereocenters. The second-order valence-corrected chi connectivity index (χ2v) is 3.76. The van der Waals surface area contributed by atoms with Crippen molar-refractivity contribution in [2.24, 2.45) is 4.99 Å². The first-order valence-corrected chi connectivity index (χ1v) is 5.70. The Balaban J connectivity index is 2.86. The second-order valence-electron chi connectivity index (χ2n) is 2.79. The molecule has 0 aromatic heterocycles. The van der Waals surface area contributed by atoms with E-state index >= 15 is 0 Å². The zero-order valence-electron chi connectivity index (χ0n) is 7.91. The van der Waals surface area contributed by atoms with E-state index in [0.717, 1.165) is 12.0 Å². The van der Waals surface area contributed by atoms with E-state index in [1.807, 2.05) is 30.4 Å². The third-order valence-electron chi connectivity index (χ3n) is 1.72. The molecule has 1 aromatic rings. The number of benzene rings is 1. The summed E-state index contributed by atoms with van der Waals surface area (Å²) >= 11 is 16.0. The van der Waals surface area contributed by atoms with Crippen LogP contribution in [0, 0.1) is 0 Å². The minimum absolute atomic E-state index is 0.570. The van der Waals surface area contributed by atoms with Crippen molar-refractivity contribution < 1.29 is 0 Å². The number of thiocarbonyl (C=S) groups is 1. The molecule has 0 N–H and O–H groups in total. The van der Waals surface area contributed by atoms with Gasteiger partial charge in [0, 0.05) is 5.88 Å². The van der Waals surface area contributed by atoms with Crippen LogP contribution in [-0.2, 0) is 0 Å². The van der Waals surface area contributed by atoms with E-state index in [-0.39, 0.29) is 0 Å². The van der Waals surface area contributed by atoms with Gasteiger partial charge in [-0.1, -0.05) is 29.8 Å². The molecule has 0 aliphatic carbocycles. The molecule has 4 heteroatoms. The first kappa shape index (κ1) is 12.4. The lowest BCUT2D eigenvalue weighted by atomic mass is 10.2. The molecule has 1 aromatic carbocycles. The van der Waals surface area contributed by atoms with E-state index in [0.29, 0.717) is 16.6 Å². The number of hydrogen-bond donors (Lipinski definition) is 0. The highest BCUT2D eigenvalue weighted by molar-refractivity contribution is 7.78. The topological polar surface area (TPSA) is 12.4 Å². The van der Waals surface area contributed by atoms with Crippen LogP contribution in [0.15, 0.2) is 29.3 Å². The molecule has 0 aliphatic rings. The minimum Gasteiger partial charge on any atom is -0.193 e. The maximum Gasteiger partial charge on any atom is 0.0926 e. The normalized spacial score (nSPS) is 10.3. The van der Waals surface area contributed by atoms with E-state index in [1.54, 1.807) is 0 Å². The molecule has 0 saturated carbocycles. The molecule has 0 saturated heterocycles. The SMILES string of the molecule is S=C=Nc1ccc(C=CCCCl)cc1Cl. The molecule has 0 amide bonds. The van der Waals surface area contributed by atoms with Crippen molar-refractivity contribution in [3.05, 3.63) is 34.9 Å². The fourth-order valence-corrected chi connectivity index (χ4v) is 1.50. The van der Waals surface area contributed by atoms with Crippen molar-refractivity contribution >= 4 is 52.3 Å². The molecule has 78 valence electrons. The minimum atomic E-state index is 0.570. The fraction of sp³-hybridized carbons (Fsp3) is 0.182. The molecule has 0 fully saturated rings. The Hall–Kier alpha value is -0.660. The van der Waals surface area contributed by atoms with E-state index in [9.17, 15) is 0 Å². The molecule has 15 heavy (non-hydrogen) atoms. The van der Waals surface area contributed by atoms with Crippen molar-refractivity contribution in [3.8, 4) is 0 Å². The number of aliphatic imine (C=N–C) groups is 1. The zero-order chi connectivity index (χ0) is 11.1. The van der Waals surface area contributed by atoms with Crippen LogP contribution in [0.4, 0.5) is 5.69 Å². The van der Waals surface area contributed by atoms with Gasteiger partial charge in [-0.2, -0.15) is 4.99 Å². The van der Waals surface area contributed by atoms with Gasteiger partial charge in [0.25, 0.3) is 0 Å². The number of hydrogen-bond acceptors (Lipinski definition) is 2. The summed E-state index contributed by atoms with van der Waals surface area (Å²) in [4.78, 5) is 3.83. The monoisotopic (exact) mass is 257 g/mol. The van der Waals surface area contributed by atoms with Gasteiger partial charge in [-0.05, 0) is 36.3 Å². The lowest BCUT2D eigenvalue weighted by molar-refractivity contribution is 1.24. The Morgan fingerprint density at radius 2 is 2.27 bits per heavy atom. The van der Waals surface area contributed by atoms with Gasteiger partial charge in [0.2, 0.25) is 0 Å². The van der Waals surface area contributed by atoms with Crippen LogP contribution in [-0.4, -0.2) is 11.0 Å². The van der Waals surface area contributed by atoms with Crippen molar-refractivity contribution in [3.63, 3.8) is 0 Å². The lowest BCUT2D eigenvalue weighted by Gasteiger charge is -1.98. The number of isothiocyanates is 1. The van der Waals surface area contributed by atoms with E-state index in [2.05, 4.69) is 22.4 Å². The van der Waals surface area contributed by atoms with Crippen molar-refractivity contribution in [1.82, 2.24) is 0 Å². The predicted octanol–water partition coefficient (Wildman–Crippen LogP) is 4.72. The maximum absolute atomic E-state index is 5.98. The number of nitrogens with zero attached hydrogens (tertiary/aromatic N) is 1. The van der Waals surface area contributed by atoms with Crippen LogP contribution in [0.3, 0.4) is 0 Å². The Bertz CT molecular complexity index is 409. The molecule has 1 nitrogen and oxygen atoms in total. The molecule has 0 radical (unpaired) electrons. The van der Waals surface area contributed by atoms with Gasteiger partial charge < -0.3 is 0 Å². The second kappa shape index (κ2) is 6.76. The molecular weight excluding hydrogens is 249 g/mol. The molecule has 0 atom stereocenters. The van der Waals surface area contributed by atoms with Crippen LogP contribution >= 0.6 is 35.4 Å². The third kappa shape index (κ3) is 4.15.